The number of hydrogen-bond donors (Lipinski definition) is 1. The van der Waals surface area contributed by atoms with Gasteiger partial charge in [-0.2, -0.15) is 0 Å². The van der Waals surface area contributed by atoms with E-state index < -0.39 is 35.5 Å². The molecule has 0 aliphatic carbocycles. The summed E-state index contributed by atoms with van der Waals surface area (Å²) in [4.78, 5) is 33.4. The second-order valence-electron chi connectivity index (χ2n) is 5.41. The van der Waals surface area contributed by atoms with E-state index in [0.29, 0.717) is 5.56 Å². The predicted molar refractivity (Wildman–Crippen MR) is 94.8 cm³/mol. The lowest BCUT2D eigenvalue weighted by Crippen LogP contribution is -2.20. The Balaban J connectivity index is 1.82. The van der Waals surface area contributed by atoms with Crippen LogP contribution in [0.2, 0.25) is 0 Å². The van der Waals surface area contributed by atoms with E-state index in [-0.39, 0.29) is 11.4 Å². The number of anilines is 1. The number of amides is 1. The van der Waals surface area contributed by atoms with Crippen molar-refractivity contribution in [3.8, 4) is 5.75 Å². The van der Waals surface area contributed by atoms with E-state index in [2.05, 4.69) is 10.1 Å². The van der Waals surface area contributed by atoms with E-state index in [4.69, 9.17) is 4.74 Å². The molecule has 0 aliphatic heterocycles. The van der Waals surface area contributed by atoms with Gasteiger partial charge in [-0.3, -0.25) is 14.9 Å². The van der Waals surface area contributed by atoms with Gasteiger partial charge in [0.25, 0.3) is 11.6 Å². The minimum atomic E-state index is -4.80. The first-order chi connectivity index (χ1) is 13.6. The van der Waals surface area contributed by atoms with Crippen LogP contribution in [0.4, 0.5) is 24.5 Å². The molecule has 152 valence electrons. The molecule has 8 nitrogen and oxygen atoms in total. The topological polar surface area (TPSA) is 108 Å². The minimum absolute atomic E-state index is 0.164. The second kappa shape index (κ2) is 9.35. The van der Waals surface area contributed by atoms with Gasteiger partial charge in [-0.05, 0) is 29.8 Å². The fraction of sp³-hybridized carbons (Fsp3) is 0.111. The third kappa shape index (κ3) is 7.71. The number of hydrogen-bond acceptors (Lipinski definition) is 6. The molecule has 29 heavy (non-hydrogen) atoms. The lowest BCUT2D eigenvalue weighted by Gasteiger charge is -2.08. The molecular formula is C18H13F3N2O6. The maximum Gasteiger partial charge on any atom is 0.573 e. The van der Waals surface area contributed by atoms with Gasteiger partial charge in [0.05, 0.1) is 4.92 Å². The lowest BCUT2D eigenvalue weighted by molar-refractivity contribution is -0.384. The molecule has 1 N–H and O–H groups in total. The van der Waals surface area contributed by atoms with Crippen molar-refractivity contribution in [1.29, 1.82) is 0 Å². The molecule has 0 radical (unpaired) electrons. The molecule has 2 aromatic carbocycles. The molecule has 0 aromatic heterocycles. The summed E-state index contributed by atoms with van der Waals surface area (Å²) in [6, 6.07) is 9.94. The average molecular weight is 410 g/mol. The fourth-order valence-corrected chi connectivity index (χ4v) is 2.02. The predicted octanol–water partition coefficient (Wildman–Crippen LogP) is 3.69. The van der Waals surface area contributed by atoms with E-state index in [9.17, 15) is 32.9 Å². The zero-order valence-electron chi connectivity index (χ0n) is 14.5. The summed E-state index contributed by atoms with van der Waals surface area (Å²) in [6.45, 7) is -0.635. The third-order valence-electron chi connectivity index (χ3n) is 3.21. The van der Waals surface area contributed by atoms with Gasteiger partial charge in [0.2, 0.25) is 0 Å². The van der Waals surface area contributed by atoms with Crippen LogP contribution < -0.4 is 10.1 Å². The normalized spacial score (nSPS) is 11.1. The average Bonchev–Trinajstić information content (AvgIpc) is 2.65. The van der Waals surface area contributed by atoms with Crippen LogP contribution in [0.3, 0.4) is 0 Å². The number of alkyl halides is 3. The molecule has 0 aliphatic rings. The van der Waals surface area contributed by atoms with Gasteiger partial charge in [-0.25, -0.2) is 4.79 Å². The number of nitro groups is 1. The first-order valence-corrected chi connectivity index (χ1v) is 7.87. The van der Waals surface area contributed by atoms with Crippen LogP contribution in [0.15, 0.2) is 54.6 Å². The highest BCUT2D eigenvalue weighted by atomic mass is 19.4. The summed E-state index contributed by atoms with van der Waals surface area (Å²) in [7, 11) is 0. The number of benzene rings is 2. The number of nitro benzene ring substituents is 1. The van der Waals surface area contributed by atoms with Crippen LogP contribution in [-0.4, -0.2) is 29.8 Å². The van der Waals surface area contributed by atoms with E-state index >= 15 is 0 Å². The maximum atomic E-state index is 12.1. The second-order valence-corrected chi connectivity index (χ2v) is 5.41. The van der Waals surface area contributed by atoms with E-state index in [0.717, 1.165) is 24.3 Å². The third-order valence-corrected chi connectivity index (χ3v) is 3.21. The summed E-state index contributed by atoms with van der Waals surface area (Å²) >= 11 is 0. The largest absolute Gasteiger partial charge is 0.573 e. The first-order valence-electron chi connectivity index (χ1n) is 7.87. The van der Waals surface area contributed by atoms with Crippen molar-refractivity contribution in [2.24, 2.45) is 0 Å². The van der Waals surface area contributed by atoms with Crippen molar-refractivity contribution >= 4 is 29.3 Å². The SMILES string of the molecule is O=C(COC(=O)/C=C/c1ccc(OC(F)(F)F)cc1)Nc1cccc([N+](=O)[O-])c1. The number of esters is 1. The van der Waals surface area contributed by atoms with Crippen LogP contribution in [0.5, 0.6) is 5.75 Å². The van der Waals surface area contributed by atoms with E-state index in [1.807, 2.05) is 0 Å². The molecule has 2 rings (SSSR count). The molecule has 1 amide bonds. The van der Waals surface area contributed by atoms with Crippen molar-refractivity contribution in [3.05, 3.63) is 70.3 Å². The smallest absolute Gasteiger partial charge is 0.452 e. The van der Waals surface area contributed by atoms with E-state index in [1.54, 1.807) is 0 Å². The molecule has 0 saturated heterocycles. The quantitative estimate of drug-likeness (QED) is 0.323. The van der Waals surface area contributed by atoms with Gasteiger partial charge < -0.3 is 14.8 Å². The molecule has 0 fully saturated rings. The molecule has 0 saturated carbocycles. The molecule has 0 heterocycles. The number of rotatable bonds is 7. The van der Waals surface area contributed by atoms with Crippen LogP contribution in [0.1, 0.15) is 5.56 Å². The Morgan fingerprint density at radius 3 is 2.45 bits per heavy atom. The van der Waals surface area contributed by atoms with Gasteiger partial charge in [0.1, 0.15) is 5.75 Å². The summed E-state index contributed by atoms with van der Waals surface area (Å²) in [6.07, 6.45) is -2.54. The summed E-state index contributed by atoms with van der Waals surface area (Å²) in [5, 5.41) is 13.0. The Kier molecular flexibility index (Phi) is 6.90. The molecule has 11 heteroatoms. The van der Waals surface area contributed by atoms with Gasteiger partial charge in [0, 0.05) is 23.9 Å². The van der Waals surface area contributed by atoms with Crippen molar-refractivity contribution in [3.63, 3.8) is 0 Å². The van der Waals surface area contributed by atoms with Crippen molar-refractivity contribution in [2.45, 2.75) is 6.36 Å². The van der Waals surface area contributed by atoms with Crippen LogP contribution in [0.25, 0.3) is 6.08 Å². The highest BCUT2D eigenvalue weighted by Crippen LogP contribution is 2.23. The maximum absolute atomic E-state index is 12.1. The van der Waals surface area contributed by atoms with Gasteiger partial charge in [-0.1, -0.05) is 18.2 Å². The Morgan fingerprint density at radius 2 is 1.83 bits per heavy atom. The Morgan fingerprint density at radius 1 is 1.14 bits per heavy atom. The van der Waals surface area contributed by atoms with Crippen LogP contribution in [0, 0.1) is 10.1 Å². The number of non-ortho nitro benzene ring substituents is 1. The summed E-state index contributed by atoms with van der Waals surface area (Å²) in [5.74, 6) is -1.98. The Hall–Kier alpha value is -3.89. The molecule has 0 bridgehead atoms. The Labute approximate surface area is 161 Å². The highest BCUT2D eigenvalue weighted by Gasteiger charge is 2.30. The standard InChI is InChI=1S/C18H13F3N2O6/c19-18(20,21)29-15-7-4-12(5-8-15)6-9-17(25)28-11-16(24)22-13-2-1-3-14(10-13)23(26)27/h1-10H,11H2,(H,22,24)/b9-6+. The van der Waals surface area contributed by atoms with Crippen molar-refractivity contribution in [2.75, 3.05) is 11.9 Å². The molecule has 2 aromatic rings. The summed E-state index contributed by atoms with van der Waals surface area (Å²) in [5.41, 5.74) is 0.351. The van der Waals surface area contributed by atoms with Gasteiger partial charge in [0.15, 0.2) is 6.61 Å². The van der Waals surface area contributed by atoms with Gasteiger partial charge >= 0.3 is 12.3 Å². The number of ether oxygens (including phenoxy) is 2. The fourth-order valence-electron chi connectivity index (χ4n) is 2.02. The number of nitrogens with one attached hydrogen (secondary N) is 1. The zero-order chi connectivity index (χ0) is 21.4. The Bertz CT molecular complexity index is 926. The first kappa shape index (κ1) is 21.4. The monoisotopic (exact) mass is 410 g/mol. The van der Waals surface area contributed by atoms with Crippen LogP contribution in [-0.2, 0) is 14.3 Å². The molecule has 0 unspecified atom stereocenters. The minimum Gasteiger partial charge on any atom is -0.452 e. The van der Waals surface area contributed by atoms with Gasteiger partial charge in [-0.15, -0.1) is 13.2 Å². The number of carbonyl (C=O) groups is 2. The molecule has 0 spiro atoms. The summed E-state index contributed by atoms with van der Waals surface area (Å²) < 4.78 is 44.7. The zero-order valence-corrected chi connectivity index (χ0v) is 14.5. The van der Waals surface area contributed by atoms with Crippen LogP contribution >= 0.6 is 0 Å². The van der Waals surface area contributed by atoms with E-state index in [1.165, 1.54) is 36.4 Å². The highest BCUT2D eigenvalue weighted by molar-refractivity contribution is 5.94. The molecular weight excluding hydrogens is 397 g/mol. The number of nitrogens with zero attached hydrogens (tertiary/aromatic N) is 1. The molecule has 0 atom stereocenters. The van der Waals surface area contributed by atoms with Crippen molar-refractivity contribution < 1.29 is 37.2 Å². The number of carbonyl (C=O) groups excluding carboxylic acids is 2. The van der Waals surface area contributed by atoms with Crippen molar-refractivity contribution in [1.82, 2.24) is 0 Å². The number of halogens is 3. The lowest BCUT2D eigenvalue weighted by atomic mass is 10.2.